The largest absolute Gasteiger partial charge is 0.489 e. The normalized spacial score (nSPS) is 11.0. The summed E-state index contributed by atoms with van der Waals surface area (Å²) in [5.74, 6) is 0.677. The van der Waals surface area contributed by atoms with Gasteiger partial charge < -0.3 is 9.47 Å². The van der Waals surface area contributed by atoms with Crippen LogP contribution in [0.2, 0.25) is 0 Å². The van der Waals surface area contributed by atoms with Crippen LogP contribution in [0.5, 0.6) is 11.5 Å². The van der Waals surface area contributed by atoms with Crippen molar-refractivity contribution in [3.05, 3.63) is 71.9 Å². The molecule has 0 aliphatic carbocycles. The molecule has 2 aromatic rings. The predicted molar refractivity (Wildman–Crippen MR) is 86.8 cm³/mol. The van der Waals surface area contributed by atoms with E-state index in [4.69, 9.17) is 14.3 Å². The SMILES string of the molecule is CC=C(NOC)C(=O)Oc1ccccc1COc1ccccc1. The van der Waals surface area contributed by atoms with Gasteiger partial charge in [0.1, 0.15) is 23.8 Å². The minimum atomic E-state index is -0.526. The van der Waals surface area contributed by atoms with Gasteiger partial charge >= 0.3 is 5.97 Å². The van der Waals surface area contributed by atoms with E-state index in [1.807, 2.05) is 42.5 Å². The summed E-state index contributed by atoms with van der Waals surface area (Å²) in [6, 6.07) is 16.7. The van der Waals surface area contributed by atoms with E-state index in [2.05, 4.69) is 5.48 Å². The van der Waals surface area contributed by atoms with Crippen molar-refractivity contribution in [2.75, 3.05) is 7.11 Å². The second kappa shape index (κ2) is 8.60. The van der Waals surface area contributed by atoms with Crippen LogP contribution in [-0.4, -0.2) is 13.1 Å². The number of hydrogen-bond donors (Lipinski definition) is 1. The summed E-state index contributed by atoms with van der Waals surface area (Å²) in [6.07, 6.45) is 1.58. The summed E-state index contributed by atoms with van der Waals surface area (Å²) < 4.78 is 11.1. The molecule has 0 fully saturated rings. The van der Waals surface area contributed by atoms with Gasteiger partial charge in [-0.15, -0.1) is 0 Å². The van der Waals surface area contributed by atoms with Crippen LogP contribution in [0.3, 0.4) is 0 Å². The lowest BCUT2D eigenvalue weighted by atomic mass is 10.2. The molecule has 0 aliphatic heterocycles. The molecular weight excluding hydrogens is 294 g/mol. The Hall–Kier alpha value is -2.79. The van der Waals surface area contributed by atoms with Crippen LogP contribution in [0.4, 0.5) is 0 Å². The Bertz CT molecular complexity index is 668. The summed E-state index contributed by atoms with van der Waals surface area (Å²) in [6.45, 7) is 2.02. The van der Waals surface area contributed by atoms with Gasteiger partial charge in [0.25, 0.3) is 0 Å². The zero-order valence-electron chi connectivity index (χ0n) is 13.1. The number of benzene rings is 2. The first-order valence-electron chi connectivity index (χ1n) is 7.18. The van der Waals surface area contributed by atoms with Crippen LogP contribution in [-0.2, 0) is 16.2 Å². The monoisotopic (exact) mass is 313 g/mol. The molecular formula is C18H19NO4. The summed E-state index contributed by atoms with van der Waals surface area (Å²) in [5, 5.41) is 0. The molecule has 1 N–H and O–H groups in total. The van der Waals surface area contributed by atoms with Gasteiger partial charge in [0.05, 0.1) is 7.11 Å². The number of nitrogens with one attached hydrogen (secondary N) is 1. The van der Waals surface area contributed by atoms with Gasteiger partial charge in [-0.1, -0.05) is 42.5 Å². The van der Waals surface area contributed by atoms with Gasteiger partial charge in [0.2, 0.25) is 0 Å². The molecule has 2 rings (SSSR count). The average molecular weight is 313 g/mol. The molecule has 0 saturated heterocycles. The van der Waals surface area contributed by atoms with E-state index in [1.165, 1.54) is 7.11 Å². The molecule has 0 unspecified atom stereocenters. The number of carbonyl (C=O) groups is 1. The van der Waals surface area contributed by atoms with Crippen molar-refractivity contribution in [2.45, 2.75) is 13.5 Å². The summed E-state index contributed by atoms with van der Waals surface area (Å²) in [4.78, 5) is 16.8. The molecule has 0 atom stereocenters. The van der Waals surface area contributed by atoms with Crippen molar-refractivity contribution in [1.82, 2.24) is 5.48 Å². The van der Waals surface area contributed by atoms with Gasteiger partial charge in [0, 0.05) is 5.56 Å². The van der Waals surface area contributed by atoms with Crippen molar-refractivity contribution >= 4 is 5.97 Å². The highest BCUT2D eigenvalue weighted by molar-refractivity contribution is 5.89. The lowest BCUT2D eigenvalue weighted by molar-refractivity contribution is -0.132. The first-order valence-corrected chi connectivity index (χ1v) is 7.18. The van der Waals surface area contributed by atoms with Crippen LogP contribution < -0.4 is 15.0 Å². The highest BCUT2D eigenvalue weighted by atomic mass is 16.6. The zero-order valence-corrected chi connectivity index (χ0v) is 13.1. The topological polar surface area (TPSA) is 56.8 Å². The Labute approximate surface area is 135 Å². The Morgan fingerprint density at radius 3 is 2.48 bits per heavy atom. The van der Waals surface area contributed by atoms with E-state index in [9.17, 15) is 4.79 Å². The lowest BCUT2D eigenvalue weighted by Gasteiger charge is -2.12. The Morgan fingerprint density at radius 1 is 1.09 bits per heavy atom. The molecule has 120 valence electrons. The maximum absolute atomic E-state index is 12.1. The van der Waals surface area contributed by atoms with Crippen molar-refractivity contribution in [3.8, 4) is 11.5 Å². The molecule has 0 aliphatic rings. The van der Waals surface area contributed by atoms with Gasteiger partial charge in [-0.2, -0.15) is 0 Å². The third-order valence-corrected chi connectivity index (χ3v) is 3.03. The van der Waals surface area contributed by atoms with Crippen molar-refractivity contribution in [1.29, 1.82) is 0 Å². The highest BCUT2D eigenvalue weighted by Crippen LogP contribution is 2.21. The van der Waals surface area contributed by atoms with E-state index < -0.39 is 5.97 Å². The first-order chi connectivity index (χ1) is 11.2. The van der Waals surface area contributed by atoms with Crippen LogP contribution in [0.1, 0.15) is 12.5 Å². The zero-order chi connectivity index (χ0) is 16.5. The van der Waals surface area contributed by atoms with E-state index >= 15 is 0 Å². The molecule has 0 aromatic heterocycles. The quantitative estimate of drug-likeness (QED) is 0.368. The number of para-hydroxylation sites is 2. The fraction of sp³-hybridized carbons (Fsp3) is 0.167. The second-order valence-corrected chi connectivity index (χ2v) is 4.61. The molecule has 0 amide bonds. The molecule has 0 spiro atoms. The van der Waals surface area contributed by atoms with E-state index in [0.717, 1.165) is 11.3 Å². The standard InChI is InChI=1S/C18H19NO4/c1-3-16(19-21-2)18(20)23-17-12-8-7-9-14(17)13-22-15-10-5-4-6-11-15/h3-12,19H,13H2,1-2H3. The number of allylic oxidation sites excluding steroid dienone is 1. The lowest BCUT2D eigenvalue weighted by Crippen LogP contribution is -2.23. The summed E-state index contributed by atoms with van der Waals surface area (Å²) >= 11 is 0. The molecule has 5 heteroatoms. The third-order valence-electron chi connectivity index (χ3n) is 3.03. The molecule has 0 heterocycles. The number of hydroxylamine groups is 1. The minimum absolute atomic E-state index is 0.228. The number of rotatable bonds is 7. The van der Waals surface area contributed by atoms with Gasteiger partial charge in [0.15, 0.2) is 0 Å². The number of esters is 1. The second-order valence-electron chi connectivity index (χ2n) is 4.61. The minimum Gasteiger partial charge on any atom is -0.489 e. The van der Waals surface area contributed by atoms with Crippen LogP contribution >= 0.6 is 0 Å². The molecule has 2 aromatic carbocycles. The molecule has 23 heavy (non-hydrogen) atoms. The molecule has 0 bridgehead atoms. The van der Waals surface area contributed by atoms with Gasteiger partial charge in [-0.05, 0) is 25.1 Å². The molecule has 0 radical (unpaired) electrons. The highest BCUT2D eigenvalue weighted by Gasteiger charge is 2.13. The molecule has 0 saturated carbocycles. The molecule has 5 nitrogen and oxygen atoms in total. The third kappa shape index (κ3) is 4.86. The number of carbonyl (C=O) groups excluding carboxylic acids is 1. The maximum atomic E-state index is 12.1. The van der Waals surface area contributed by atoms with E-state index in [-0.39, 0.29) is 5.70 Å². The Morgan fingerprint density at radius 2 is 1.78 bits per heavy atom. The van der Waals surface area contributed by atoms with Crippen molar-refractivity contribution in [2.24, 2.45) is 0 Å². The van der Waals surface area contributed by atoms with Crippen molar-refractivity contribution < 1.29 is 19.1 Å². The Balaban J connectivity index is 2.07. The van der Waals surface area contributed by atoms with Crippen LogP contribution in [0, 0.1) is 0 Å². The summed E-state index contributed by atoms with van der Waals surface area (Å²) in [7, 11) is 1.43. The maximum Gasteiger partial charge on any atom is 0.361 e. The van der Waals surface area contributed by atoms with Crippen LogP contribution in [0.25, 0.3) is 0 Å². The number of ether oxygens (including phenoxy) is 2. The Kier molecular flexibility index (Phi) is 6.20. The van der Waals surface area contributed by atoms with Crippen LogP contribution in [0.15, 0.2) is 66.4 Å². The van der Waals surface area contributed by atoms with E-state index in [0.29, 0.717) is 12.4 Å². The fourth-order valence-corrected chi connectivity index (χ4v) is 1.88. The first kappa shape index (κ1) is 16.6. The van der Waals surface area contributed by atoms with E-state index in [1.54, 1.807) is 25.1 Å². The average Bonchev–Trinajstić information content (AvgIpc) is 2.59. The van der Waals surface area contributed by atoms with Crippen molar-refractivity contribution in [3.63, 3.8) is 0 Å². The predicted octanol–water partition coefficient (Wildman–Crippen LogP) is 3.23. The smallest absolute Gasteiger partial charge is 0.361 e. The summed E-state index contributed by atoms with van der Waals surface area (Å²) in [5.41, 5.74) is 3.49. The van der Waals surface area contributed by atoms with Gasteiger partial charge in [-0.3, -0.25) is 10.3 Å². The number of hydrogen-bond acceptors (Lipinski definition) is 5. The van der Waals surface area contributed by atoms with Gasteiger partial charge in [-0.25, -0.2) is 4.79 Å². The fourth-order valence-electron chi connectivity index (χ4n) is 1.88.